The molecule has 31 heavy (non-hydrogen) atoms. The number of nitrogens with zero attached hydrogens (tertiary/aromatic N) is 1. The molecule has 7 nitrogen and oxygen atoms in total. The number of hydrogen-bond donors (Lipinski definition) is 2. The Labute approximate surface area is 183 Å². The molecule has 0 unspecified atom stereocenters. The van der Waals surface area contributed by atoms with Crippen LogP contribution >= 0.6 is 0 Å². The summed E-state index contributed by atoms with van der Waals surface area (Å²) in [5.41, 5.74) is 1.65. The van der Waals surface area contributed by atoms with Gasteiger partial charge in [-0.2, -0.15) is 0 Å². The van der Waals surface area contributed by atoms with Gasteiger partial charge in [-0.25, -0.2) is 13.6 Å². The number of hydrogen-bond acceptors (Lipinski definition) is 5. The molecule has 3 N–H and O–H groups in total. The predicted molar refractivity (Wildman–Crippen MR) is 118 cm³/mol. The predicted octanol–water partition coefficient (Wildman–Crippen LogP) is 2.44. The fraction of sp³-hybridized carbons (Fsp3) is 0.435. The minimum absolute atomic E-state index is 0.0655. The van der Waals surface area contributed by atoms with Crippen LogP contribution in [0.1, 0.15) is 48.2 Å². The van der Waals surface area contributed by atoms with E-state index < -0.39 is 15.6 Å². The first kappa shape index (κ1) is 21.8. The Balaban J connectivity index is 1.50. The fourth-order valence-corrected chi connectivity index (χ4v) is 5.06. The Morgan fingerprint density at radius 2 is 2.00 bits per heavy atom. The Morgan fingerprint density at radius 3 is 2.71 bits per heavy atom. The number of carbonyl (C=O) groups is 1. The molecule has 4 rings (SSSR count). The van der Waals surface area contributed by atoms with E-state index in [0.29, 0.717) is 24.3 Å². The third-order valence-corrected chi connectivity index (χ3v) is 6.83. The molecule has 1 amide bonds. The van der Waals surface area contributed by atoms with E-state index in [9.17, 15) is 13.2 Å². The summed E-state index contributed by atoms with van der Waals surface area (Å²) in [4.78, 5) is 15.4. The van der Waals surface area contributed by atoms with Gasteiger partial charge < -0.3 is 10.1 Å². The van der Waals surface area contributed by atoms with Crippen LogP contribution in [-0.4, -0.2) is 44.0 Å². The van der Waals surface area contributed by atoms with Crippen molar-refractivity contribution >= 4 is 15.9 Å². The lowest BCUT2D eigenvalue weighted by molar-refractivity contribution is 0.0926. The van der Waals surface area contributed by atoms with Gasteiger partial charge in [-0.05, 0) is 50.9 Å². The van der Waals surface area contributed by atoms with Crippen molar-refractivity contribution in [2.24, 2.45) is 5.14 Å². The highest BCUT2D eigenvalue weighted by molar-refractivity contribution is 7.89. The summed E-state index contributed by atoms with van der Waals surface area (Å²) in [5, 5.41) is 8.34. The maximum Gasteiger partial charge on any atom is 0.255 e. The van der Waals surface area contributed by atoms with E-state index in [4.69, 9.17) is 9.88 Å². The van der Waals surface area contributed by atoms with Crippen molar-refractivity contribution in [3.63, 3.8) is 0 Å². The van der Waals surface area contributed by atoms with Gasteiger partial charge >= 0.3 is 0 Å². The lowest BCUT2D eigenvalue weighted by Gasteiger charge is -2.25. The summed E-state index contributed by atoms with van der Waals surface area (Å²) in [6.07, 6.45) is 2.60. The molecule has 2 aliphatic rings. The van der Waals surface area contributed by atoms with Crippen molar-refractivity contribution in [2.75, 3.05) is 13.1 Å². The Kier molecular flexibility index (Phi) is 5.81. The second-order valence-corrected chi connectivity index (χ2v) is 10.6. The quantitative estimate of drug-likeness (QED) is 0.714. The zero-order chi connectivity index (χ0) is 22.2. The van der Waals surface area contributed by atoms with Crippen LogP contribution in [0, 0.1) is 0 Å². The average Bonchev–Trinajstić information content (AvgIpc) is 3.27. The minimum Gasteiger partial charge on any atom is -0.486 e. The highest BCUT2D eigenvalue weighted by atomic mass is 32.2. The van der Waals surface area contributed by atoms with Crippen molar-refractivity contribution in [2.45, 2.75) is 56.2 Å². The van der Waals surface area contributed by atoms with Gasteiger partial charge in [0, 0.05) is 31.1 Å². The van der Waals surface area contributed by atoms with Crippen molar-refractivity contribution in [3.8, 4) is 5.75 Å². The van der Waals surface area contributed by atoms with Gasteiger partial charge in [-0.15, -0.1) is 0 Å². The number of nitrogens with one attached hydrogen (secondary N) is 1. The van der Waals surface area contributed by atoms with E-state index in [2.05, 4.69) is 22.3 Å². The standard InChI is InChI=1S/C23H29N3O4S/c1-23(2)13-17-11-19(31(24,28)29)12-20(21(17)30-23)22(27)25-14-18-9-6-10-26(18)15-16-7-4-3-5-8-16/h3-5,7-8,11-12,18H,6,9-10,13-15H2,1-2H3,(H,25,27)(H2,24,28,29)/t18-/m1/s1. The molecule has 2 heterocycles. The number of rotatable bonds is 6. The van der Waals surface area contributed by atoms with Crippen LogP contribution in [0.5, 0.6) is 5.75 Å². The SMILES string of the molecule is CC1(C)Cc2cc(S(N)(=O)=O)cc(C(=O)NC[C@H]3CCCN3Cc3ccccc3)c2O1. The van der Waals surface area contributed by atoms with Gasteiger partial charge in [0.15, 0.2) is 0 Å². The van der Waals surface area contributed by atoms with Crippen LogP contribution in [0.2, 0.25) is 0 Å². The van der Waals surface area contributed by atoms with Crippen LogP contribution < -0.4 is 15.2 Å². The zero-order valence-electron chi connectivity index (χ0n) is 17.9. The van der Waals surface area contributed by atoms with E-state index in [1.807, 2.05) is 32.0 Å². The van der Waals surface area contributed by atoms with Gasteiger partial charge in [-0.3, -0.25) is 9.69 Å². The van der Waals surface area contributed by atoms with Crippen LogP contribution in [0.4, 0.5) is 0 Å². The van der Waals surface area contributed by atoms with Gasteiger partial charge in [0.25, 0.3) is 5.91 Å². The van der Waals surface area contributed by atoms with E-state index in [0.717, 1.165) is 25.9 Å². The molecule has 0 aromatic heterocycles. The monoisotopic (exact) mass is 443 g/mol. The molecule has 2 aromatic rings. The minimum atomic E-state index is -3.94. The summed E-state index contributed by atoms with van der Waals surface area (Å²) in [5.74, 6) is 0.105. The lowest BCUT2D eigenvalue weighted by Crippen LogP contribution is -2.40. The molecular formula is C23H29N3O4S. The first-order valence-corrected chi connectivity index (χ1v) is 12.1. The molecule has 2 aromatic carbocycles. The van der Waals surface area contributed by atoms with Crippen LogP contribution in [0.3, 0.4) is 0 Å². The van der Waals surface area contributed by atoms with Gasteiger partial charge in [-0.1, -0.05) is 30.3 Å². The van der Waals surface area contributed by atoms with Crippen LogP contribution in [0.25, 0.3) is 0 Å². The topological polar surface area (TPSA) is 102 Å². The van der Waals surface area contributed by atoms with Gasteiger partial charge in [0.1, 0.15) is 11.4 Å². The largest absolute Gasteiger partial charge is 0.486 e. The molecule has 8 heteroatoms. The Morgan fingerprint density at radius 1 is 1.26 bits per heavy atom. The zero-order valence-corrected chi connectivity index (χ0v) is 18.7. The van der Waals surface area contributed by atoms with E-state index in [1.165, 1.54) is 17.7 Å². The molecule has 0 saturated carbocycles. The summed E-state index contributed by atoms with van der Waals surface area (Å²) in [6, 6.07) is 13.3. The summed E-state index contributed by atoms with van der Waals surface area (Å²) in [7, 11) is -3.94. The molecule has 1 saturated heterocycles. The normalized spacial score (nSPS) is 20.3. The van der Waals surface area contributed by atoms with Crippen molar-refractivity contribution < 1.29 is 17.9 Å². The average molecular weight is 444 g/mol. The van der Waals surface area contributed by atoms with Crippen LogP contribution in [-0.2, 0) is 23.0 Å². The number of fused-ring (bicyclic) bond motifs is 1. The Bertz CT molecular complexity index is 1080. The number of sulfonamides is 1. The van der Waals surface area contributed by atoms with Crippen molar-refractivity contribution in [1.82, 2.24) is 10.2 Å². The molecule has 0 spiro atoms. The maximum atomic E-state index is 13.1. The van der Waals surface area contributed by atoms with E-state index >= 15 is 0 Å². The fourth-order valence-electron chi connectivity index (χ4n) is 4.47. The molecule has 0 radical (unpaired) electrons. The molecular weight excluding hydrogens is 414 g/mol. The number of amides is 1. The number of primary sulfonamides is 1. The highest BCUT2D eigenvalue weighted by Gasteiger charge is 2.35. The van der Waals surface area contributed by atoms with Gasteiger partial charge in [0.05, 0.1) is 10.5 Å². The second-order valence-electron chi connectivity index (χ2n) is 9.00. The molecule has 1 fully saturated rings. The Hall–Kier alpha value is -2.42. The third kappa shape index (κ3) is 4.92. The van der Waals surface area contributed by atoms with E-state index in [1.54, 1.807) is 0 Å². The molecule has 2 aliphatic heterocycles. The number of carbonyl (C=O) groups excluding carboxylic acids is 1. The molecule has 1 atom stereocenters. The summed E-state index contributed by atoms with van der Waals surface area (Å²) >= 11 is 0. The first-order chi connectivity index (χ1) is 14.6. The molecule has 0 bridgehead atoms. The van der Waals surface area contributed by atoms with Crippen molar-refractivity contribution in [3.05, 3.63) is 59.2 Å². The number of nitrogens with two attached hydrogens (primary N) is 1. The van der Waals surface area contributed by atoms with Gasteiger partial charge in [0.2, 0.25) is 10.0 Å². The van der Waals surface area contributed by atoms with Crippen molar-refractivity contribution in [1.29, 1.82) is 0 Å². The van der Waals surface area contributed by atoms with Crippen LogP contribution in [0.15, 0.2) is 47.4 Å². The summed E-state index contributed by atoms with van der Waals surface area (Å²) < 4.78 is 29.9. The molecule has 166 valence electrons. The third-order valence-electron chi connectivity index (χ3n) is 5.93. The first-order valence-electron chi connectivity index (χ1n) is 10.6. The summed E-state index contributed by atoms with van der Waals surface area (Å²) in [6.45, 7) is 6.14. The number of benzene rings is 2. The van der Waals surface area contributed by atoms with E-state index in [-0.39, 0.29) is 22.4 Å². The highest BCUT2D eigenvalue weighted by Crippen LogP contribution is 2.39. The second kappa shape index (κ2) is 8.26. The molecule has 0 aliphatic carbocycles. The smallest absolute Gasteiger partial charge is 0.255 e. The number of ether oxygens (including phenoxy) is 1. The lowest BCUT2D eigenvalue weighted by atomic mass is 10.0. The maximum absolute atomic E-state index is 13.1. The number of likely N-dealkylation sites (tertiary alicyclic amines) is 1.